The average Bonchev–Trinajstić information content (AvgIpc) is 3.16. The van der Waals surface area contributed by atoms with Crippen LogP contribution in [0.4, 0.5) is 5.69 Å². The SMILES string of the molecule is CNC(=O)c1cccc2c1NC(c1ccc(OC)cc1)C1CC=CC21. The lowest BCUT2D eigenvalue weighted by Crippen LogP contribution is -2.31. The quantitative estimate of drug-likeness (QED) is 0.838. The number of hydrogen-bond acceptors (Lipinski definition) is 3. The lowest BCUT2D eigenvalue weighted by atomic mass is 9.76. The van der Waals surface area contributed by atoms with Crippen molar-refractivity contribution in [3.63, 3.8) is 0 Å². The predicted molar refractivity (Wildman–Crippen MR) is 99.2 cm³/mol. The maximum Gasteiger partial charge on any atom is 0.253 e. The van der Waals surface area contributed by atoms with Crippen molar-refractivity contribution >= 4 is 11.6 Å². The Kier molecular flexibility index (Phi) is 3.96. The number of anilines is 1. The highest BCUT2D eigenvalue weighted by Crippen LogP contribution is 2.50. The van der Waals surface area contributed by atoms with E-state index in [0.29, 0.717) is 17.4 Å². The van der Waals surface area contributed by atoms with Crippen LogP contribution < -0.4 is 15.4 Å². The Hall–Kier alpha value is -2.75. The van der Waals surface area contributed by atoms with E-state index in [1.165, 1.54) is 11.1 Å². The van der Waals surface area contributed by atoms with Gasteiger partial charge in [0.2, 0.25) is 0 Å². The Morgan fingerprint density at radius 3 is 2.72 bits per heavy atom. The van der Waals surface area contributed by atoms with E-state index in [0.717, 1.165) is 17.9 Å². The summed E-state index contributed by atoms with van der Waals surface area (Å²) in [4.78, 5) is 12.3. The molecule has 0 saturated heterocycles. The minimum atomic E-state index is -0.0572. The Morgan fingerprint density at radius 2 is 2.00 bits per heavy atom. The Balaban J connectivity index is 1.78. The number of nitrogens with one attached hydrogen (secondary N) is 2. The van der Waals surface area contributed by atoms with Crippen molar-refractivity contribution in [2.24, 2.45) is 5.92 Å². The van der Waals surface area contributed by atoms with Crippen LogP contribution in [-0.2, 0) is 0 Å². The molecule has 1 heterocycles. The van der Waals surface area contributed by atoms with Crippen molar-refractivity contribution < 1.29 is 9.53 Å². The zero-order chi connectivity index (χ0) is 17.4. The van der Waals surface area contributed by atoms with Crippen LogP contribution in [0.2, 0.25) is 0 Å². The summed E-state index contributed by atoms with van der Waals surface area (Å²) in [6.45, 7) is 0. The Morgan fingerprint density at radius 1 is 1.20 bits per heavy atom. The number of hydrogen-bond donors (Lipinski definition) is 2. The largest absolute Gasteiger partial charge is 0.497 e. The normalized spacial score (nSPS) is 23.4. The number of methoxy groups -OCH3 is 1. The van der Waals surface area contributed by atoms with Gasteiger partial charge in [0.15, 0.2) is 0 Å². The van der Waals surface area contributed by atoms with Crippen molar-refractivity contribution in [3.8, 4) is 5.75 Å². The van der Waals surface area contributed by atoms with Gasteiger partial charge < -0.3 is 15.4 Å². The molecule has 0 spiro atoms. The molecule has 2 N–H and O–H groups in total. The molecule has 2 aromatic carbocycles. The van der Waals surface area contributed by atoms with Crippen molar-refractivity contribution in [1.29, 1.82) is 0 Å². The summed E-state index contributed by atoms with van der Waals surface area (Å²) < 4.78 is 5.28. The van der Waals surface area contributed by atoms with Crippen LogP contribution in [0.1, 0.15) is 39.9 Å². The second kappa shape index (κ2) is 6.28. The molecule has 1 amide bonds. The second-order valence-electron chi connectivity index (χ2n) is 6.60. The lowest BCUT2D eigenvalue weighted by Gasteiger charge is -2.38. The van der Waals surface area contributed by atoms with Crippen LogP contribution in [0, 0.1) is 5.92 Å². The van der Waals surface area contributed by atoms with Crippen LogP contribution in [0.25, 0.3) is 0 Å². The predicted octanol–water partition coefficient (Wildman–Crippen LogP) is 3.88. The van der Waals surface area contributed by atoms with Crippen LogP contribution >= 0.6 is 0 Å². The molecule has 25 heavy (non-hydrogen) atoms. The second-order valence-corrected chi connectivity index (χ2v) is 6.60. The number of benzene rings is 2. The number of para-hydroxylation sites is 1. The molecular formula is C21H22N2O2. The zero-order valence-electron chi connectivity index (χ0n) is 14.5. The van der Waals surface area contributed by atoms with Gasteiger partial charge in [0, 0.05) is 13.0 Å². The summed E-state index contributed by atoms with van der Waals surface area (Å²) in [5.74, 6) is 1.60. The van der Waals surface area contributed by atoms with Gasteiger partial charge >= 0.3 is 0 Å². The molecule has 4 heteroatoms. The third kappa shape index (κ3) is 2.58. The number of allylic oxidation sites excluding steroid dienone is 2. The molecule has 4 rings (SSSR count). The molecule has 2 aromatic rings. The van der Waals surface area contributed by atoms with E-state index in [4.69, 9.17) is 4.74 Å². The smallest absolute Gasteiger partial charge is 0.253 e. The molecule has 0 aromatic heterocycles. The van der Waals surface area contributed by atoms with E-state index < -0.39 is 0 Å². The minimum absolute atomic E-state index is 0.0572. The molecular weight excluding hydrogens is 312 g/mol. The number of amides is 1. The lowest BCUT2D eigenvalue weighted by molar-refractivity contribution is 0.0963. The molecule has 0 saturated carbocycles. The summed E-state index contributed by atoms with van der Waals surface area (Å²) in [5, 5.41) is 6.41. The summed E-state index contributed by atoms with van der Waals surface area (Å²) >= 11 is 0. The first-order valence-electron chi connectivity index (χ1n) is 8.65. The fraction of sp³-hybridized carbons (Fsp3) is 0.286. The fourth-order valence-corrected chi connectivity index (χ4v) is 4.09. The van der Waals surface area contributed by atoms with Crippen LogP contribution in [0.3, 0.4) is 0 Å². The van der Waals surface area contributed by atoms with E-state index in [9.17, 15) is 4.79 Å². The van der Waals surface area contributed by atoms with Crippen molar-refractivity contribution in [2.75, 3.05) is 19.5 Å². The molecule has 4 nitrogen and oxygen atoms in total. The molecule has 1 aliphatic heterocycles. The fourth-order valence-electron chi connectivity index (χ4n) is 4.09. The van der Waals surface area contributed by atoms with Gasteiger partial charge in [0.1, 0.15) is 5.75 Å². The van der Waals surface area contributed by atoms with Gasteiger partial charge in [-0.25, -0.2) is 0 Å². The third-order valence-electron chi connectivity index (χ3n) is 5.34. The van der Waals surface area contributed by atoms with E-state index >= 15 is 0 Å². The highest BCUT2D eigenvalue weighted by Gasteiger charge is 2.39. The number of ether oxygens (including phenoxy) is 1. The molecule has 0 radical (unpaired) electrons. The maximum atomic E-state index is 12.3. The van der Waals surface area contributed by atoms with Crippen molar-refractivity contribution in [3.05, 3.63) is 71.3 Å². The summed E-state index contributed by atoms with van der Waals surface area (Å²) in [6, 6.07) is 14.4. The summed E-state index contributed by atoms with van der Waals surface area (Å²) in [5.41, 5.74) is 4.09. The number of carbonyl (C=O) groups excluding carboxylic acids is 1. The summed E-state index contributed by atoms with van der Waals surface area (Å²) in [6.07, 6.45) is 5.59. The minimum Gasteiger partial charge on any atom is -0.497 e. The average molecular weight is 334 g/mol. The van der Waals surface area contributed by atoms with Crippen molar-refractivity contribution in [1.82, 2.24) is 5.32 Å². The number of carbonyl (C=O) groups is 1. The van der Waals surface area contributed by atoms with Gasteiger partial charge in [-0.05, 0) is 41.7 Å². The first-order chi connectivity index (χ1) is 12.2. The first-order valence-corrected chi connectivity index (χ1v) is 8.65. The zero-order valence-corrected chi connectivity index (χ0v) is 14.5. The van der Waals surface area contributed by atoms with E-state index in [1.54, 1.807) is 14.2 Å². The van der Waals surface area contributed by atoms with Gasteiger partial charge in [0.25, 0.3) is 5.91 Å². The highest BCUT2D eigenvalue weighted by molar-refractivity contribution is 6.00. The molecule has 0 fully saturated rings. The standard InChI is InChI=1S/C21H22N2O2/c1-22-21(24)18-8-4-7-17-15-5-3-6-16(15)19(23-20(17)18)13-9-11-14(25-2)12-10-13/h3-5,7-12,15-16,19,23H,6H2,1-2H3,(H,22,24). The van der Waals surface area contributed by atoms with E-state index in [2.05, 4.69) is 41.0 Å². The summed E-state index contributed by atoms with van der Waals surface area (Å²) in [7, 11) is 3.35. The highest BCUT2D eigenvalue weighted by atomic mass is 16.5. The molecule has 0 bridgehead atoms. The Labute approximate surface area is 147 Å². The first kappa shape index (κ1) is 15.8. The van der Waals surface area contributed by atoms with Crippen LogP contribution in [0.15, 0.2) is 54.6 Å². The topological polar surface area (TPSA) is 50.4 Å². The number of rotatable bonds is 3. The van der Waals surface area contributed by atoms with Gasteiger partial charge in [-0.15, -0.1) is 0 Å². The monoisotopic (exact) mass is 334 g/mol. The van der Waals surface area contributed by atoms with E-state index in [-0.39, 0.29) is 11.9 Å². The van der Waals surface area contributed by atoms with Gasteiger partial charge in [-0.2, -0.15) is 0 Å². The Bertz CT molecular complexity index is 826. The molecule has 128 valence electrons. The molecule has 3 atom stereocenters. The number of fused-ring (bicyclic) bond motifs is 3. The molecule has 1 aliphatic carbocycles. The third-order valence-corrected chi connectivity index (χ3v) is 5.34. The van der Waals surface area contributed by atoms with Gasteiger partial charge in [-0.1, -0.05) is 36.4 Å². The van der Waals surface area contributed by atoms with Crippen LogP contribution in [0.5, 0.6) is 5.75 Å². The van der Waals surface area contributed by atoms with Crippen LogP contribution in [-0.4, -0.2) is 20.1 Å². The van der Waals surface area contributed by atoms with E-state index in [1.807, 2.05) is 24.3 Å². The van der Waals surface area contributed by atoms with Crippen molar-refractivity contribution in [2.45, 2.75) is 18.4 Å². The maximum absolute atomic E-state index is 12.3. The van der Waals surface area contributed by atoms with Gasteiger partial charge in [-0.3, -0.25) is 4.79 Å². The van der Waals surface area contributed by atoms with Gasteiger partial charge in [0.05, 0.1) is 24.4 Å². The molecule has 2 aliphatic rings. The molecule has 3 unspecified atom stereocenters.